The van der Waals surface area contributed by atoms with Gasteiger partial charge in [0, 0.05) is 29.2 Å². The van der Waals surface area contributed by atoms with E-state index in [-0.39, 0.29) is 11.4 Å². The molecule has 2 unspecified atom stereocenters. The number of aromatic nitrogens is 1. The molecule has 1 fully saturated rings. The first-order chi connectivity index (χ1) is 19.0. The molecule has 0 bridgehead atoms. The fraction of sp³-hybridized carbons (Fsp3) is 0.382. The van der Waals surface area contributed by atoms with Crippen molar-refractivity contribution in [2.45, 2.75) is 56.7 Å². The number of carbonyl (C=O) groups excluding carboxylic acids is 1. The smallest absolute Gasteiger partial charge is 0.264 e. The van der Waals surface area contributed by atoms with Crippen LogP contribution in [-0.2, 0) is 16.8 Å². The molecule has 0 saturated heterocycles. The summed E-state index contributed by atoms with van der Waals surface area (Å²) >= 11 is 0. The lowest BCUT2D eigenvalue weighted by atomic mass is 9.68. The minimum absolute atomic E-state index is 0.0776. The second-order valence-corrected chi connectivity index (χ2v) is 11.5. The van der Waals surface area contributed by atoms with Crippen LogP contribution in [0.3, 0.4) is 0 Å². The minimum Gasteiger partial charge on any atom is -0.481 e. The number of nitrogens with zero attached hydrogens (tertiary/aromatic N) is 2. The lowest BCUT2D eigenvalue weighted by Gasteiger charge is -2.52. The van der Waals surface area contributed by atoms with Crippen molar-refractivity contribution in [1.29, 1.82) is 0 Å². The molecule has 1 spiro atoms. The van der Waals surface area contributed by atoms with Crippen LogP contribution in [0.5, 0.6) is 5.75 Å². The van der Waals surface area contributed by atoms with Crippen molar-refractivity contribution in [3.05, 3.63) is 102 Å². The summed E-state index contributed by atoms with van der Waals surface area (Å²) in [5.41, 5.74) is 4.83. The zero-order chi connectivity index (χ0) is 27.0. The van der Waals surface area contributed by atoms with Crippen LogP contribution in [-0.4, -0.2) is 47.4 Å². The van der Waals surface area contributed by atoms with Crippen molar-refractivity contribution < 1.29 is 9.53 Å². The molecule has 6 rings (SSSR count). The Kier molecular flexibility index (Phi) is 6.94. The van der Waals surface area contributed by atoms with Crippen LogP contribution in [0.1, 0.15) is 55.5 Å². The van der Waals surface area contributed by atoms with Crippen molar-refractivity contribution in [3.8, 4) is 5.75 Å². The Hall–Kier alpha value is -3.57. The van der Waals surface area contributed by atoms with Gasteiger partial charge in [0.1, 0.15) is 5.75 Å². The Morgan fingerprint density at radius 1 is 0.949 bits per heavy atom. The number of nitrogens with one attached hydrogen (secondary N) is 1. The highest BCUT2D eigenvalue weighted by Gasteiger charge is 2.50. The van der Waals surface area contributed by atoms with Crippen LogP contribution in [0.4, 0.5) is 0 Å². The van der Waals surface area contributed by atoms with Crippen LogP contribution >= 0.6 is 0 Å². The number of amides is 1. The lowest BCUT2D eigenvalue weighted by Crippen LogP contribution is -2.58. The Morgan fingerprint density at radius 2 is 1.59 bits per heavy atom. The number of ether oxygens (including phenoxy) is 1. The summed E-state index contributed by atoms with van der Waals surface area (Å²) in [7, 11) is 4.38. The number of hydrogen-bond donors (Lipinski definition) is 1. The summed E-state index contributed by atoms with van der Waals surface area (Å²) < 4.78 is 6.15. The molecule has 0 radical (unpaired) electrons. The molecule has 4 aromatic rings. The summed E-state index contributed by atoms with van der Waals surface area (Å²) in [5.74, 6) is 1.34. The average molecular weight is 522 g/mol. The van der Waals surface area contributed by atoms with Crippen molar-refractivity contribution in [2.75, 3.05) is 20.6 Å². The Labute approximate surface area is 231 Å². The summed E-state index contributed by atoms with van der Waals surface area (Å²) in [5, 5.41) is 1.30. The van der Waals surface area contributed by atoms with Crippen molar-refractivity contribution >= 4 is 16.8 Å². The molecule has 5 heteroatoms. The molecule has 2 atom stereocenters. The molecule has 3 aromatic carbocycles. The van der Waals surface area contributed by atoms with Crippen LogP contribution in [0.25, 0.3) is 10.9 Å². The monoisotopic (exact) mass is 521 g/mol. The van der Waals surface area contributed by atoms with Crippen molar-refractivity contribution in [3.63, 3.8) is 0 Å². The van der Waals surface area contributed by atoms with Gasteiger partial charge in [-0.1, -0.05) is 66.7 Å². The van der Waals surface area contributed by atoms with Crippen LogP contribution in [0, 0.1) is 5.92 Å². The molecule has 1 amide bonds. The Morgan fingerprint density at radius 3 is 2.28 bits per heavy atom. The number of benzene rings is 3. The van der Waals surface area contributed by atoms with Crippen LogP contribution < -0.4 is 4.74 Å². The zero-order valence-electron chi connectivity index (χ0n) is 23.3. The molecule has 1 saturated carbocycles. The van der Waals surface area contributed by atoms with Gasteiger partial charge in [0.25, 0.3) is 5.91 Å². The van der Waals surface area contributed by atoms with E-state index < -0.39 is 6.10 Å². The second-order valence-electron chi connectivity index (χ2n) is 11.5. The van der Waals surface area contributed by atoms with Gasteiger partial charge >= 0.3 is 0 Å². The number of rotatable bonds is 6. The third-order valence-electron chi connectivity index (χ3n) is 9.05. The number of aromatic amines is 1. The molecule has 39 heavy (non-hydrogen) atoms. The largest absolute Gasteiger partial charge is 0.481 e. The molecule has 1 aliphatic carbocycles. The highest BCUT2D eigenvalue weighted by atomic mass is 16.5. The fourth-order valence-corrected chi connectivity index (χ4v) is 7.32. The zero-order valence-corrected chi connectivity index (χ0v) is 23.3. The topological polar surface area (TPSA) is 48.6 Å². The number of carbonyl (C=O) groups is 1. The van der Waals surface area contributed by atoms with Crippen molar-refractivity contribution in [2.24, 2.45) is 5.92 Å². The number of hydrogen-bond acceptors (Lipinski definition) is 3. The van der Waals surface area contributed by atoms with Gasteiger partial charge in [-0.3, -0.25) is 4.79 Å². The molecule has 1 aliphatic heterocycles. The second kappa shape index (κ2) is 10.5. The molecule has 5 nitrogen and oxygen atoms in total. The number of H-pyrrole nitrogens is 1. The van der Waals surface area contributed by atoms with Gasteiger partial charge in [-0.05, 0) is 88.4 Å². The fourth-order valence-electron chi connectivity index (χ4n) is 7.32. The van der Waals surface area contributed by atoms with E-state index in [1.165, 1.54) is 27.7 Å². The molecule has 2 heterocycles. The first-order valence-corrected chi connectivity index (χ1v) is 14.3. The van der Waals surface area contributed by atoms with E-state index in [0.29, 0.717) is 12.0 Å². The van der Waals surface area contributed by atoms with Gasteiger partial charge in [-0.2, -0.15) is 0 Å². The predicted molar refractivity (Wildman–Crippen MR) is 157 cm³/mol. The third-order valence-corrected chi connectivity index (χ3v) is 9.05. The van der Waals surface area contributed by atoms with Crippen molar-refractivity contribution in [1.82, 2.24) is 14.8 Å². The summed E-state index contributed by atoms with van der Waals surface area (Å²) in [6, 6.07) is 29.5. The van der Waals surface area contributed by atoms with Crippen LogP contribution in [0.15, 0.2) is 84.9 Å². The number of fused-ring (bicyclic) bond motifs is 4. The third kappa shape index (κ3) is 4.63. The summed E-state index contributed by atoms with van der Waals surface area (Å²) in [6.07, 6.45) is 4.32. The molecular formula is C34H39N3O2. The minimum atomic E-state index is -0.549. The maximum absolute atomic E-state index is 14.1. The van der Waals surface area contributed by atoms with E-state index in [1.807, 2.05) is 37.3 Å². The maximum atomic E-state index is 14.1. The lowest BCUT2D eigenvalue weighted by molar-refractivity contribution is -0.149. The van der Waals surface area contributed by atoms with E-state index in [1.54, 1.807) is 0 Å². The molecule has 1 N–H and O–H groups in total. The van der Waals surface area contributed by atoms with Gasteiger partial charge in [0.15, 0.2) is 6.10 Å². The average Bonchev–Trinajstić information content (AvgIpc) is 3.35. The van der Waals surface area contributed by atoms with Gasteiger partial charge in [0.05, 0.1) is 5.54 Å². The van der Waals surface area contributed by atoms with E-state index in [4.69, 9.17) is 4.74 Å². The van der Waals surface area contributed by atoms with E-state index in [2.05, 4.69) is 83.5 Å². The first kappa shape index (κ1) is 25.7. The highest BCUT2D eigenvalue weighted by Crippen LogP contribution is 2.51. The summed E-state index contributed by atoms with van der Waals surface area (Å²) in [4.78, 5) is 22.5. The van der Waals surface area contributed by atoms with Gasteiger partial charge in [-0.25, -0.2) is 0 Å². The maximum Gasteiger partial charge on any atom is 0.264 e. The number of para-hydroxylation sites is 2. The quantitative estimate of drug-likeness (QED) is 0.307. The van der Waals surface area contributed by atoms with Gasteiger partial charge in [-0.15, -0.1) is 0 Å². The Balaban J connectivity index is 1.34. The van der Waals surface area contributed by atoms with E-state index in [0.717, 1.165) is 44.4 Å². The molecular weight excluding hydrogens is 482 g/mol. The first-order valence-electron chi connectivity index (χ1n) is 14.3. The van der Waals surface area contributed by atoms with Gasteiger partial charge < -0.3 is 19.5 Å². The SMILES string of the molecule is CC(Oc1ccccc1)C(=O)N1CCc2c([nH]c3ccccc23)C12CCC(C(c1ccccc1)N(C)C)CC2. The highest BCUT2D eigenvalue weighted by molar-refractivity contribution is 5.87. The molecule has 1 aromatic heterocycles. The standard InChI is InChI=1S/C34H39N3O2/c1-24(39-27-14-8-5-9-15-27)33(38)37-23-20-29-28-16-10-11-17-30(28)35-32(29)34(37)21-18-26(19-22-34)31(36(2)3)25-12-6-4-7-13-25/h4-17,24,26,31,35H,18-23H2,1-3H3. The molecule has 2 aliphatic rings. The van der Waals surface area contributed by atoms with Crippen LogP contribution in [0.2, 0.25) is 0 Å². The summed E-state index contributed by atoms with van der Waals surface area (Å²) in [6.45, 7) is 2.61. The normalized spacial score (nSPS) is 22.6. The molecule has 202 valence electrons. The van der Waals surface area contributed by atoms with E-state index in [9.17, 15) is 4.79 Å². The Bertz CT molecular complexity index is 1420. The van der Waals surface area contributed by atoms with E-state index >= 15 is 0 Å². The predicted octanol–water partition coefficient (Wildman–Crippen LogP) is 6.71. The van der Waals surface area contributed by atoms with Gasteiger partial charge in [0.2, 0.25) is 0 Å².